The Labute approximate surface area is 112 Å². The molecule has 18 heavy (non-hydrogen) atoms. The van der Waals surface area contributed by atoms with Crippen molar-refractivity contribution in [2.45, 2.75) is 19.6 Å². The molecule has 0 spiro atoms. The third-order valence-corrected chi connectivity index (χ3v) is 4.27. The third-order valence-electron chi connectivity index (χ3n) is 3.39. The lowest BCUT2D eigenvalue weighted by Gasteiger charge is -2.14. The van der Waals surface area contributed by atoms with Crippen LogP contribution in [0.4, 0.5) is 0 Å². The van der Waals surface area contributed by atoms with Crippen LogP contribution < -0.4 is 5.32 Å². The molecule has 0 saturated carbocycles. The van der Waals surface area contributed by atoms with Crippen molar-refractivity contribution in [1.29, 1.82) is 0 Å². The van der Waals surface area contributed by atoms with E-state index in [0.717, 1.165) is 32.7 Å². The van der Waals surface area contributed by atoms with Gasteiger partial charge in [-0.15, -0.1) is 11.3 Å². The first-order valence-corrected chi connectivity index (χ1v) is 7.32. The van der Waals surface area contributed by atoms with Crippen LogP contribution in [0.5, 0.6) is 0 Å². The van der Waals surface area contributed by atoms with Crippen molar-refractivity contribution < 1.29 is 0 Å². The minimum absolute atomic E-state index is 0.998. The first-order chi connectivity index (χ1) is 8.92. The molecule has 0 saturated heterocycles. The number of nitrogens with zero attached hydrogens (tertiary/aromatic N) is 1. The summed E-state index contributed by atoms with van der Waals surface area (Å²) in [7, 11) is 0. The fraction of sp³-hybridized carbons (Fsp3) is 0.333. The topological polar surface area (TPSA) is 15.3 Å². The SMILES string of the molecule is c1csc(CNCCN2Cc3ccccc3C2)c1. The Morgan fingerprint density at radius 3 is 2.50 bits per heavy atom. The van der Waals surface area contributed by atoms with Gasteiger partial charge in [0.1, 0.15) is 0 Å². The van der Waals surface area contributed by atoms with Gasteiger partial charge < -0.3 is 5.32 Å². The van der Waals surface area contributed by atoms with Crippen molar-refractivity contribution in [3.05, 3.63) is 57.8 Å². The van der Waals surface area contributed by atoms with Gasteiger partial charge in [-0.2, -0.15) is 0 Å². The lowest BCUT2D eigenvalue weighted by Crippen LogP contribution is -2.28. The smallest absolute Gasteiger partial charge is 0.0300 e. The van der Waals surface area contributed by atoms with Crippen molar-refractivity contribution >= 4 is 11.3 Å². The monoisotopic (exact) mass is 258 g/mol. The summed E-state index contributed by atoms with van der Waals surface area (Å²) in [6, 6.07) is 13.1. The van der Waals surface area contributed by atoms with Gasteiger partial charge in [0.05, 0.1) is 0 Å². The molecule has 2 nitrogen and oxygen atoms in total. The molecule has 94 valence electrons. The first kappa shape index (κ1) is 11.9. The van der Waals surface area contributed by atoms with Crippen LogP contribution in [0.3, 0.4) is 0 Å². The molecule has 2 heterocycles. The number of nitrogens with one attached hydrogen (secondary N) is 1. The standard InChI is InChI=1S/C15H18N2S/c1-2-5-14-12-17(11-13(14)4-1)8-7-16-10-15-6-3-9-18-15/h1-6,9,16H,7-8,10-12H2. The molecular weight excluding hydrogens is 240 g/mol. The second-order valence-corrected chi connectivity index (χ2v) is 5.77. The van der Waals surface area contributed by atoms with Crippen LogP contribution >= 0.6 is 11.3 Å². The van der Waals surface area contributed by atoms with E-state index in [1.807, 2.05) is 11.3 Å². The number of fused-ring (bicyclic) bond motifs is 1. The van der Waals surface area contributed by atoms with Crippen LogP contribution in [0.15, 0.2) is 41.8 Å². The minimum Gasteiger partial charge on any atom is -0.311 e. The number of hydrogen-bond donors (Lipinski definition) is 1. The Hall–Kier alpha value is -1.16. The highest BCUT2D eigenvalue weighted by atomic mass is 32.1. The van der Waals surface area contributed by atoms with Crippen molar-refractivity contribution in [1.82, 2.24) is 10.2 Å². The zero-order valence-electron chi connectivity index (χ0n) is 10.4. The zero-order chi connectivity index (χ0) is 12.2. The van der Waals surface area contributed by atoms with E-state index in [-0.39, 0.29) is 0 Å². The summed E-state index contributed by atoms with van der Waals surface area (Å²) in [5, 5.41) is 5.64. The Morgan fingerprint density at radius 1 is 1.06 bits per heavy atom. The van der Waals surface area contributed by atoms with E-state index >= 15 is 0 Å². The maximum absolute atomic E-state index is 3.51. The van der Waals surface area contributed by atoms with Gasteiger partial charge in [-0.05, 0) is 22.6 Å². The maximum Gasteiger partial charge on any atom is 0.0300 e. The van der Waals surface area contributed by atoms with Crippen LogP contribution in [0.25, 0.3) is 0 Å². The molecule has 1 aliphatic heterocycles. The average molecular weight is 258 g/mol. The molecule has 0 radical (unpaired) electrons. The summed E-state index contributed by atoms with van der Waals surface area (Å²) in [4.78, 5) is 3.92. The largest absolute Gasteiger partial charge is 0.311 e. The highest BCUT2D eigenvalue weighted by Crippen LogP contribution is 2.21. The van der Waals surface area contributed by atoms with Crippen LogP contribution in [0.1, 0.15) is 16.0 Å². The van der Waals surface area contributed by atoms with E-state index in [0.29, 0.717) is 0 Å². The second kappa shape index (κ2) is 5.65. The third kappa shape index (κ3) is 2.80. The Morgan fingerprint density at radius 2 is 1.83 bits per heavy atom. The molecule has 1 aromatic heterocycles. The van der Waals surface area contributed by atoms with Gasteiger partial charge in [0.2, 0.25) is 0 Å². The fourth-order valence-corrected chi connectivity index (χ4v) is 3.10. The predicted molar refractivity (Wildman–Crippen MR) is 76.6 cm³/mol. The number of thiophene rings is 1. The quantitative estimate of drug-likeness (QED) is 0.830. The number of hydrogen-bond acceptors (Lipinski definition) is 3. The second-order valence-electron chi connectivity index (χ2n) is 4.74. The Bertz CT molecular complexity index is 468. The van der Waals surface area contributed by atoms with E-state index in [1.54, 1.807) is 0 Å². The lowest BCUT2D eigenvalue weighted by molar-refractivity contribution is 0.283. The summed E-state index contributed by atoms with van der Waals surface area (Å²) in [6.07, 6.45) is 0. The van der Waals surface area contributed by atoms with Gasteiger partial charge in [-0.3, -0.25) is 4.90 Å². The predicted octanol–water partition coefficient (Wildman–Crippen LogP) is 2.85. The fourth-order valence-electron chi connectivity index (χ4n) is 2.42. The van der Waals surface area contributed by atoms with Crippen molar-refractivity contribution in [3.63, 3.8) is 0 Å². The van der Waals surface area contributed by atoms with E-state index < -0.39 is 0 Å². The molecule has 3 heteroatoms. The average Bonchev–Trinajstić information content (AvgIpc) is 3.03. The molecule has 0 bridgehead atoms. The van der Waals surface area contributed by atoms with Gasteiger partial charge in [-0.1, -0.05) is 30.3 Å². The summed E-state index contributed by atoms with van der Waals surface area (Å²) < 4.78 is 0. The summed E-state index contributed by atoms with van der Waals surface area (Å²) in [5.74, 6) is 0. The molecule has 1 aromatic carbocycles. The van der Waals surface area contributed by atoms with Crippen molar-refractivity contribution in [3.8, 4) is 0 Å². The highest BCUT2D eigenvalue weighted by Gasteiger charge is 2.16. The zero-order valence-corrected chi connectivity index (χ0v) is 11.2. The Balaban J connectivity index is 1.41. The summed E-state index contributed by atoms with van der Waals surface area (Å²) >= 11 is 1.82. The molecule has 2 aromatic rings. The number of benzene rings is 1. The molecule has 0 unspecified atom stereocenters. The van der Waals surface area contributed by atoms with Crippen LogP contribution in [-0.4, -0.2) is 18.0 Å². The minimum atomic E-state index is 0.998. The van der Waals surface area contributed by atoms with Gasteiger partial charge in [0.25, 0.3) is 0 Å². The highest BCUT2D eigenvalue weighted by molar-refractivity contribution is 7.09. The normalized spacial score (nSPS) is 14.9. The van der Waals surface area contributed by atoms with Gasteiger partial charge in [0, 0.05) is 37.6 Å². The molecule has 0 fully saturated rings. The summed E-state index contributed by atoms with van der Waals surface area (Å²) in [6.45, 7) is 5.40. The van der Waals surface area contributed by atoms with Gasteiger partial charge in [0.15, 0.2) is 0 Å². The van der Waals surface area contributed by atoms with Gasteiger partial charge >= 0.3 is 0 Å². The molecular formula is C15H18N2S. The van der Waals surface area contributed by atoms with E-state index in [9.17, 15) is 0 Å². The van der Waals surface area contributed by atoms with E-state index in [4.69, 9.17) is 0 Å². The summed E-state index contributed by atoms with van der Waals surface area (Å²) in [5.41, 5.74) is 2.99. The molecule has 0 atom stereocenters. The maximum atomic E-state index is 3.51. The molecule has 1 N–H and O–H groups in total. The Kier molecular flexibility index (Phi) is 3.74. The number of rotatable bonds is 5. The molecule has 1 aliphatic rings. The van der Waals surface area contributed by atoms with Gasteiger partial charge in [-0.25, -0.2) is 0 Å². The first-order valence-electron chi connectivity index (χ1n) is 6.44. The molecule has 0 aliphatic carbocycles. The molecule has 0 amide bonds. The van der Waals surface area contributed by atoms with E-state index in [2.05, 4.69) is 52.0 Å². The van der Waals surface area contributed by atoms with E-state index in [1.165, 1.54) is 16.0 Å². The van der Waals surface area contributed by atoms with Crippen LogP contribution in [-0.2, 0) is 19.6 Å². The van der Waals surface area contributed by atoms with Crippen molar-refractivity contribution in [2.24, 2.45) is 0 Å². The van der Waals surface area contributed by atoms with Crippen molar-refractivity contribution in [2.75, 3.05) is 13.1 Å². The van der Waals surface area contributed by atoms with Crippen LogP contribution in [0, 0.1) is 0 Å². The molecule has 3 rings (SSSR count). The van der Waals surface area contributed by atoms with Crippen LogP contribution in [0.2, 0.25) is 0 Å². The lowest BCUT2D eigenvalue weighted by atomic mass is 10.1.